The number of carbonyl (C=O) groups excluding carboxylic acids is 5. The second-order valence-electron chi connectivity index (χ2n) is 20.8. The third-order valence-electron chi connectivity index (χ3n) is 15.6. The van der Waals surface area contributed by atoms with Crippen molar-refractivity contribution in [3.63, 3.8) is 0 Å². The zero-order chi connectivity index (χ0) is 43.8. The molecule has 10 atom stereocenters. The van der Waals surface area contributed by atoms with Gasteiger partial charge in [-0.05, 0) is 126 Å². The predicted molar refractivity (Wildman–Crippen MR) is 223 cm³/mol. The van der Waals surface area contributed by atoms with Gasteiger partial charge in [-0.25, -0.2) is 4.79 Å². The highest BCUT2D eigenvalue weighted by atomic mass is 16.7. The summed E-state index contributed by atoms with van der Waals surface area (Å²) < 4.78 is 18.7. The number of aliphatic hydroxyl groups is 2. The number of alkyl carbamates (subject to hydrolysis) is 1. The molecule has 0 unspecified atom stereocenters. The van der Waals surface area contributed by atoms with Gasteiger partial charge in [0, 0.05) is 34.4 Å². The minimum atomic E-state index is -1.41. The minimum absolute atomic E-state index is 0.0168. The van der Waals surface area contributed by atoms with Crippen LogP contribution in [0.2, 0.25) is 0 Å². The maximum absolute atomic E-state index is 14.0. The van der Waals surface area contributed by atoms with E-state index in [1.165, 1.54) is 0 Å². The molecule has 14 nitrogen and oxygen atoms in total. The monoisotopic (exact) mass is 844 g/mol. The third-order valence-corrected chi connectivity index (χ3v) is 15.6. The van der Waals surface area contributed by atoms with Crippen molar-refractivity contribution in [1.82, 2.24) is 16.0 Å². The molecule has 1 aromatic rings. The van der Waals surface area contributed by atoms with Gasteiger partial charge in [-0.3, -0.25) is 19.2 Å². The Morgan fingerprint density at radius 1 is 1.07 bits per heavy atom. The number of benzene rings is 1. The number of Topliss-reactive ketones (excluding diaryl/α,β-unsaturated/α-hetero) is 1. The number of ether oxygens (including phenoxy) is 3. The molecule has 0 aromatic heterocycles. The van der Waals surface area contributed by atoms with Crippen LogP contribution in [-0.4, -0.2) is 94.4 Å². The molecule has 7 N–H and O–H groups in total. The molecular weight excluding hydrogens is 781 g/mol. The van der Waals surface area contributed by atoms with Crippen LogP contribution in [-0.2, 0) is 39.8 Å². The van der Waals surface area contributed by atoms with E-state index >= 15 is 0 Å². The standard InChI is InChI=1S/C47H64N4O10/c1-42(2,3)61-41(58)49-17-7-6-8-33(50-37(56)22-48)39(57)51-46-24-45(25-46,26-46)20-27-9-11-28(12-10-27)40-59-36-19-32-31-14-13-29-18-30(53)15-16-43(29,4)38(31)34(54)21-44(32,5)47(36,60-40)35(55)23-52/h9-12,15-16,18,31-34,36,38,40,52,54H,6-8,13-14,17,19-26,48H2,1-5H3,(H,49,58)(H,50,56)(H,51,57)/t31-,32-,33-,34-,36+,38+,40+,43-,44-,45?,46?,47+/m0/s1. The summed E-state index contributed by atoms with van der Waals surface area (Å²) in [6.07, 6.45) is 10.1. The third kappa shape index (κ3) is 7.57. The topological polar surface area (TPSA) is 216 Å². The average Bonchev–Trinajstić information content (AvgIpc) is 3.68. The van der Waals surface area contributed by atoms with Crippen molar-refractivity contribution in [3.05, 3.63) is 59.2 Å². The van der Waals surface area contributed by atoms with Crippen molar-refractivity contribution >= 4 is 29.5 Å². The number of aliphatic hydroxyl groups excluding tert-OH is 2. The lowest BCUT2D eigenvalue weighted by molar-refractivity contribution is -0.201. The molecule has 332 valence electrons. The first kappa shape index (κ1) is 43.7. The smallest absolute Gasteiger partial charge is 0.407 e. The molecule has 0 radical (unpaired) electrons. The van der Waals surface area contributed by atoms with E-state index in [1.807, 2.05) is 25.1 Å². The fraction of sp³-hybridized carbons (Fsp3) is 0.681. The zero-order valence-corrected chi connectivity index (χ0v) is 36.2. The highest BCUT2D eigenvalue weighted by Gasteiger charge is 2.76. The highest BCUT2D eigenvalue weighted by molar-refractivity contribution is 6.01. The first-order valence-corrected chi connectivity index (χ1v) is 22.3. The number of hydrogen-bond acceptors (Lipinski definition) is 11. The van der Waals surface area contributed by atoms with Crippen molar-refractivity contribution < 1.29 is 48.4 Å². The molecule has 0 spiro atoms. The summed E-state index contributed by atoms with van der Waals surface area (Å²) in [5, 5.41) is 31.0. The van der Waals surface area contributed by atoms with E-state index in [1.54, 1.807) is 32.9 Å². The van der Waals surface area contributed by atoms with Gasteiger partial charge < -0.3 is 46.1 Å². The summed E-state index contributed by atoms with van der Waals surface area (Å²) in [6.45, 7) is 9.04. The number of amides is 3. The van der Waals surface area contributed by atoms with Crippen LogP contribution in [0, 0.1) is 34.0 Å². The molecule has 3 amide bonds. The Balaban J connectivity index is 0.865. The summed E-state index contributed by atoms with van der Waals surface area (Å²) in [5.41, 5.74) is 5.10. The second kappa shape index (κ2) is 15.7. The SMILES string of the molecule is CC(C)(C)OC(=O)NCCCC[C@H](NC(=O)CN)C(=O)NC12CC(Cc3ccc([C@@H]4O[C@@H]5C[C@H]6[C@@H]7CCC8=CC(=O)C=C[C@]8(C)[C@H]7[C@@H](O)C[C@]6(C)[C@]5(C(=O)CO)O4)cc3)(C1)C2. The molecule has 1 aromatic carbocycles. The Labute approximate surface area is 358 Å². The fourth-order valence-corrected chi connectivity index (χ4v) is 13.2. The Hall–Kier alpha value is -3.95. The highest BCUT2D eigenvalue weighted by Crippen LogP contribution is 2.71. The van der Waals surface area contributed by atoms with E-state index in [9.17, 15) is 34.2 Å². The van der Waals surface area contributed by atoms with Crippen LogP contribution in [0.15, 0.2) is 48.1 Å². The van der Waals surface area contributed by atoms with E-state index in [0.29, 0.717) is 38.6 Å². The van der Waals surface area contributed by atoms with Crippen molar-refractivity contribution in [3.8, 4) is 0 Å². The van der Waals surface area contributed by atoms with E-state index < -0.39 is 71.0 Å². The Kier molecular flexibility index (Phi) is 11.2. The number of carbonyl (C=O) groups is 5. The Bertz CT molecular complexity index is 1990. The van der Waals surface area contributed by atoms with Crippen LogP contribution >= 0.6 is 0 Å². The zero-order valence-electron chi connectivity index (χ0n) is 36.2. The number of allylic oxidation sites excluding steroid dienone is 4. The van der Waals surface area contributed by atoms with Gasteiger partial charge in [-0.1, -0.05) is 49.8 Å². The van der Waals surface area contributed by atoms with Gasteiger partial charge in [0.1, 0.15) is 18.2 Å². The second-order valence-corrected chi connectivity index (χ2v) is 20.8. The number of nitrogens with one attached hydrogen (secondary N) is 3. The Morgan fingerprint density at radius 2 is 1.79 bits per heavy atom. The molecule has 1 heterocycles. The normalized spacial score (nSPS) is 38.3. The lowest BCUT2D eigenvalue weighted by Gasteiger charge is -2.71. The average molecular weight is 845 g/mol. The van der Waals surface area contributed by atoms with Crippen molar-refractivity contribution in [2.45, 2.75) is 147 Å². The Morgan fingerprint density at radius 3 is 2.46 bits per heavy atom. The van der Waals surface area contributed by atoms with E-state index in [4.69, 9.17) is 19.9 Å². The molecule has 7 fully saturated rings. The van der Waals surface area contributed by atoms with E-state index in [-0.39, 0.29) is 46.9 Å². The summed E-state index contributed by atoms with van der Waals surface area (Å²) in [5.74, 6) is -1.06. The maximum Gasteiger partial charge on any atom is 0.407 e. The molecule has 7 aliphatic carbocycles. The molecule has 6 saturated carbocycles. The van der Waals surface area contributed by atoms with E-state index in [0.717, 1.165) is 55.2 Å². The van der Waals surface area contributed by atoms with Crippen LogP contribution in [0.5, 0.6) is 0 Å². The van der Waals surface area contributed by atoms with Gasteiger partial charge in [0.05, 0.1) is 18.8 Å². The predicted octanol–water partition coefficient (Wildman–Crippen LogP) is 4.01. The van der Waals surface area contributed by atoms with Crippen LogP contribution in [0.3, 0.4) is 0 Å². The van der Waals surface area contributed by atoms with Gasteiger partial charge in [0.25, 0.3) is 0 Å². The van der Waals surface area contributed by atoms with Crippen molar-refractivity contribution in [2.75, 3.05) is 19.7 Å². The first-order chi connectivity index (χ1) is 28.8. The van der Waals surface area contributed by atoms with Gasteiger partial charge in [-0.15, -0.1) is 0 Å². The number of nitrogens with two attached hydrogens (primary N) is 1. The molecule has 61 heavy (non-hydrogen) atoms. The number of hydrogen-bond donors (Lipinski definition) is 6. The lowest BCUT2D eigenvalue weighted by atomic mass is 9.38. The lowest BCUT2D eigenvalue weighted by Crippen LogP contribution is -2.76. The quantitative estimate of drug-likeness (QED) is 0.147. The van der Waals surface area contributed by atoms with E-state index in [2.05, 4.69) is 35.0 Å². The van der Waals surface area contributed by atoms with Crippen LogP contribution in [0.1, 0.15) is 116 Å². The van der Waals surface area contributed by atoms with Crippen molar-refractivity contribution in [1.29, 1.82) is 0 Å². The van der Waals surface area contributed by atoms with Gasteiger partial charge in [-0.2, -0.15) is 0 Å². The van der Waals surface area contributed by atoms with Crippen LogP contribution < -0.4 is 21.7 Å². The van der Waals surface area contributed by atoms with Crippen LogP contribution in [0.25, 0.3) is 0 Å². The molecular formula is C47H64N4O10. The molecule has 14 heteroatoms. The van der Waals surface area contributed by atoms with Gasteiger partial charge in [0.2, 0.25) is 11.8 Å². The minimum Gasteiger partial charge on any atom is -0.444 e. The number of ketones is 2. The van der Waals surface area contributed by atoms with Crippen molar-refractivity contribution in [2.24, 2.45) is 39.7 Å². The molecule has 2 bridgehead atoms. The number of unbranched alkanes of at least 4 members (excludes halogenated alkanes) is 1. The maximum atomic E-state index is 14.0. The largest absolute Gasteiger partial charge is 0.444 e. The number of fused-ring (bicyclic) bond motifs is 7. The number of rotatable bonds is 14. The summed E-state index contributed by atoms with van der Waals surface area (Å²) in [6, 6.07) is 7.36. The van der Waals surface area contributed by atoms with Gasteiger partial charge >= 0.3 is 6.09 Å². The summed E-state index contributed by atoms with van der Waals surface area (Å²) >= 11 is 0. The van der Waals surface area contributed by atoms with Gasteiger partial charge in [0.15, 0.2) is 23.5 Å². The summed E-state index contributed by atoms with van der Waals surface area (Å²) in [4.78, 5) is 63.8. The summed E-state index contributed by atoms with van der Waals surface area (Å²) in [7, 11) is 0. The molecule has 8 aliphatic rings. The molecule has 1 saturated heterocycles. The molecule has 9 rings (SSSR count). The first-order valence-electron chi connectivity index (χ1n) is 22.3. The van der Waals surface area contributed by atoms with Crippen LogP contribution in [0.4, 0.5) is 4.79 Å². The molecule has 1 aliphatic heterocycles. The fourth-order valence-electron chi connectivity index (χ4n) is 13.2.